The molecule has 1 N–H and O–H groups in total. The van der Waals surface area contributed by atoms with E-state index in [-0.39, 0.29) is 5.91 Å². The van der Waals surface area contributed by atoms with Crippen molar-refractivity contribution in [1.82, 2.24) is 0 Å². The summed E-state index contributed by atoms with van der Waals surface area (Å²) in [5, 5.41) is 3.42. The zero-order chi connectivity index (χ0) is 20.8. The molecule has 150 valence electrons. The van der Waals surface area contributed by atoms with E-state index in [2.05, 4.69) is 5.32 Å². The molecule has 0 saturated carbocycles. The largest absolute Gasteiger partial charge is 0.493 e. The van der Waals surface area contributed by atoms with Gasteiger partial charge in [-0.25, -0.2) is 0 Å². The van der Waals surface area contributed by atoms with Crippen molar-refractivity contribution in [1.29, 1.82) is 0 Å². The Kier molecular flexibility index (Phi) is 6.62. The summed E-state index contributed by atoms with van der Waals surface area (Å²) in [5.41, 5.74) is 2.94. The standard InChI is InChI=1S/C23H22ClNO4/c1-15-9-10-18(24)13-19(15)25-23(26)17-11-20(27-2)22(21(12-17)28-3)29-14-16-7-5-4-6-8-16/h4-13H,14H2,1-3H3,(H,25,26). The number of hydrogen-bond donors (Lipinski definition) is 1. The number of amides is 1. The lowest BCUT2D eigenvalue weighted by Crippen LogP contribution is -2.13. The van der Waals surface area contributed by atoms with E-state index in [4.69, 9.17) is 25.8 Å². The fraction of sp³-hybridized carbons (Fsp3) is 0.174. The van der Waals surface area contributed by atoms with Crippen molar-refractivity contribution in [3.05, 3.63) is 82.4 Å². The van der Waals surface area contributed by atoms with Gasteiger partial charge in [-0.2, -0.15) is 0 Å². The normalized spacial score (nSPS) is 10.3. The molecule has 0 atom stereocenters. The topological polar surface area (TPSA) is 56.8 Å². The maximum absolute atomic E-state index is 12.8. The summed E-state index contributed by atoms with van der Waals surface area (Å²) in [6, 6.07) is 18.3. The summed E-state index contributed by atoms with van der Waals surface area (Å²) in [6.45, 7) is 2.24. The Morgan fingerprint density at radius 2 is 1.62 bits per heavy atom. The Hall–Kier alpha value is -3.18. The third-order valence-corrected chi connectivity index (χ3v) is 4.63. The summed E-state index contributed by atoms with van der Waals surface area (Å²) in [5.74, 6) is 0.956. The van der Waals surface area contributed by atoms with E-state index >= 15 is 0 Å². The minimum Gasteiger partial charge on any atom is -0.493 e. The third-order valence-electron chi connectivity index (χ3n) is 4.40. The number of carbonyl (C=O) groups excluding carboxylic acids is 1. The van der Waals surface area contributed by atoms with E-state index < -0.39 is 0 Å². The Bertz CT molecular complexity index is 980. The molecule has 0 aliphatic heterocycles. The first-order valence-electron chi connectivity index (χ1n) is 9.02. The molecule has 3 aromatic rings. The van der Waals surface area contributed by atoms with E-state index in [0.717, 1.165) is 11.1 Å². The van der Waals surface area contributed by atoms with Gasteiger partial charge in [0.25, 0.3) is 5.91 Å². The molecule has 1 amide bonds. The number of benzene rings is 3. The van der Waals surface area contributed by atoms with Gasteiger partial charge in [-0.05, 0) is 42.3 Å². The van der Waals surface area contributed by atoms with Gasteiger partial charge in [-0.1, -0.05) is 48.0 Å². The predicted octanol–water partition coefficient (Wildman–Crippen LogP) is 5.50. The number of halogens is 1. The number of anilines is 1. The van der Waals surface area contributed by atoms with Crippen LogP contribution in [0.5, 0.6) is 17.2 Å². The maximum Gasteiger partial charge on any atom is 0.255 e. The van der Waals surface area contributed by atoms with E-state index in [1.807, 2.05) is 43.3 Å². The summed E-state index contributed by atoms with van der Waals surface area (Å²) in [7, 11) is 3.04. The number of aryl methyl sites for hydroxylation is 1. The highest BCUT2D eigenvalue weighted by atomic mass is 35.5. The lowest BCUT2D eigenvalue weighted by Gasteiger charge is -2.16. The molecule has 0 aliphatic carbocycles. The Balaban J connectivity index is 1.86. The van der Waals surface area contributed by atoms with E-state index in [1.54, 1.807) is 24.3 Å². The van der Waals surface area contributed by atoms with Gasteiger partial charge in [-0.3, -0.25) is 4.79 Å². The molecule has 0 saturated heterocycles. The van der Waals surface area contributed by atoms with Gasteiger partial charge in [0.1, 0.15) is 6.61 Å². The van der Waals surface area contributed by atoms with Gasteiger partial charge in [0.15, 0.2) is 11.5 Å². The Morgan fingerprint density at radius 3 is 2.24 bits per heavy atom. The number of hydrogen-bond acceptors (Lipinski definition) is 4. The van der Waals surface area contributed by atoms with Crippen LogP contribution in [-0.2, 0) is 6.61 Å². The number of methoxy groups -OCH3 is 2. The molecule has 0 spiro atoms. The van der Waals surface area contributed by atoms with Crippen molar-refractivity contribution in [2.45, 2.75) is 13.5 Å². The average Bonchev–Trinajstić information content (AvgIpc) is 2.74. The first-order chi connectivity index (χ1) is 14.0. The van der Waals surface area contributed by atoms with Crippen LogP contribution in [0.25, 0.3) is 0 Å². The molecule has 0 radical (unpaired) electrons. The molecule has 0 aromatic heterocycles. The molecular formula is C23H22ClNO4. The lowest BCUT2D eigenvalue weighted by molar-refractivity contribution is 0.102. The molecule has 29 heavy (non-hydrogen) atoms. The molecule has 0 bridgehead atoms. The monoisotopic (exact) mass is 411 g/mol. The van der Waals surface area contributed by atoms with E-state index in [1.165, 1.54) is 14.2 Å². The first-order valence-corrected chi connectivity index (χ1v) is 9.40. The van der Waals surface area contributed by atoms with Crippen molar-refractivity contribution < 1.29 is 19.0 Å². The van der Waals surface area contributed by atoms with E-state index in [9.17, 15) is 4.79 Å². The summed E-state index contributed by atoms with van der Waals surface area (Å²) in [4.78, 5) is 12.8. The number of nitrogens with one attached hydrogen (secondary N) is 1. The summed E-state index contributed by atoms with van der Waals surface area (Å²) >= 11 is 6.04. The van der Waals surface area contributed by atoms with Crippen LogP contribution in [0.15, 0.2) is 60.7 Å². The fourth-order valence-electron chi connectivity index (χ4n) is 2.81. The second-order valence-electron chi connectivity index (χ2n) is 6.40. The van der Waals surface area contributed by atoms with E-state index in [0.29, 0.717) is 40.1 Å². The van der Waals surface area contributed by atoms with Crippen LogP contribution in [-0.4, -0.2) is 20.1 Å². The van der Waals surface area contributed by atoms with Gasteiger partial charge < -0.3 is 19.5 Å². The summed E-state index contributed by atoms with van der Waals surface area (Å²) < 4.78 is 16.8. The SMILES string of the molecule is COc1cc(C(=O)Nc2cc(Cl)ccc2C)cc(OC)c1OCc1ccccc1. The predicted molar refractivity (Wildman–Crippen MR) is 114 cm³/mol. The lowest BCUT2D eigenvalue weighted by atomic mass is 10.1. The van der Waals surface area contributed by atoms with Crippen molar-refractivity contribution in [2.75, 3.05) is 19.5 Å². The highest BCUT2D eigenvalue weighted by Gasteiger charge is 2.18. The highest BCUT2D eigenvalue weighted by molar-refractivity contribution is 6.31. The Labute approximate surface area is 175 Å². The molecule has 6 heteroatoms. The van der Waals surface area contributed by atoms with Crippen LogP contribution in [0.4, 0.5) is 5.69 Å². The zero-order valence-electron chi connectivity index (χ0n) is 16.5. The fourth-order valence-corrected chi connectivity index (χ4v) is 2.98. The number of carbonyl (C=O) groups is 1. The van der Waals surface area contributed by atoms with Crippen LogP contribution < -0.4 is 19.5 Å². The smallest absolute Gasteiger partial charge is 0.255 e. The minimum absolute atomic E-state index is 0.304. The Morgan fingerprint density at radius 1 is 0.966 bits per heavy atom. The molecule has 0 unspecified atom stereocenters. The quantitative estimate of drug-likeness (QED) is 0.558. The van der Waals surface area contributed by atoms with Gasteiger partial charge in [0, 0.05) is 16.3 Å². The van der Waals surface area contributed by atoms with Crippen LogP contribution in [0.1, 0.15) is 21.5 Å². The van der Waals surface area contributed by atoms with Crippen LogP contribution >= 0.6 is 11.6 Å². The zero-order valence-corrected chi connectivity index (χ0v) is 17.2. The first kappa shape index (κ1) is 20.6. The van der Waals surface area contributed by atoms with Gasteiger partial charge >= 0.3 is 0 Å². The van der Waals surface area contributed by atoms with Gasteiger partial charge in [-0.15, -0.1) is 0 Å². The van der Waals surface area contributed by atoms with Crippen molar-refractivity contribution in [3.63, 3.8) is 0 Å². The van der Waals surface area contributed by atoms with Crippen LogP contribution in [0, 0.1) is 6.92 Å². The summed E-state index contributed by atoms with van der Waals surface area (Å²) in [6.07, 6.45) is 0. The number of rotatable bonds is 7. The molecule has 0 fully saturated rings. The van der Waals surface area contributed by atoms with Crippen molar-refractivity contribution in [2.24, 2.45) is 0 Å². The molecule has 0 aliphatic rings. The van der Waals surface area contributed by atoms with Crippen molar-refractivity contribution >= 4 is 23.2 Å². The highest BCUT2D eigenvalue weighted by Crippen LogP contribution is 2.39. The van der Waals surface area contributed by atoms with Gasteiger partial charge in [0.2, 0.25) is 5.75 Å². The molecular weight excluding hydrogens is 390 g/mol. The van der Waals surface area contributed by atoms with Gasteiger partial charge in [0.05, 0.1) is 14.2 Å². The second-order valence-corrected chi connectivity index (χ2v) is 6.83. The molecule has 0 heterocycles. The second kappa shape index (κ2) is 9.34. The maximum atomic E-state index is 12.8. The molecule has 5 nitrogen and oxygen atoms in total. The van der Waals surface area contributed by atoms with Crippen molar-refractivity contribution in [3.8, 4) is 17.2 Å². The van der Waals surface area contributed by atoms with Crippen LogP contribution in [0.2, 0.25) is 5.02 Å². The third kappa shape index (κ3) is 5.00. The van der Waals surface area contributed by atoms with Crippen LogP contribution in [0.3, 0.4) is 0 Å². The molecule has 3 rings (SSSR count). The minimum atomic E-state index is -0.304. The number of ether oxygens (including phenoxy) is 3. The molecule has 3 aromatic carbocycles. The average molecular weight is 412 g/mol.